The topological polar surface area (TPSA) is 114 Å². The normalized spacial score (nSPS) is 11.3. The summed E-state index contributed by atoms with van der Waals surface area (Å²) >= 11 is 3.83. The Morgan fingerprint density at radius 3 is 2.08 bits per heavy atom. The van der Waals surface area contributed by atoms with Gasteiger partial charge in [0.1, 0.15) is 23.3 Å². The highest BCUT2D eigenvalue weighted by atomic mass is 32.1. The van der Waals surface area contributed by atoms with Gasteiger partial charge >= 0.3 is 11.4 Å². The molecular weight excluding hydrogens is 573 g/mol. The average Bonchev–Trinajstić information content (AvgIpc) is 3.70. The van der Waals surface area contributed by atoms with Crippen LogP contribution in [0.2, 0.25) is 0 Å². The smallest absolute Gasteiger partial charge is 0.356 e. The van der Waals surface area contributed by atoms with Crippen molar-refractivity contribution in [3.05, 3.63) is 91.8 Å². The van der Waals surface area contributed by atoms with E-state index in [0.29, 0.717) is 29.4 Å². The van der Waals surface area contributed by atoms with Crippen molar-refractivity contribution in [2.75, 3.05) is 26.8 Å². The lowest BCUT2D eigenvalue weighted by Gasteiger charge is -2.04. The van der Waals surface area contributed by atoms with Crippen molar-refractivity contribution in [3.8, 4) is 29.9 Å². The maximum atomic E-state index is 12.1. The third-order valence-corrected chi connectivity index (χ3v) is 9.81. The number of fused-ring (bicyclic) bond motifs is 1. The molecule has 0 N–H and O–H groups in total. The van der Waals surface area contributed by atoms with Gasteiger partial charge in [0.05, 0.1) is 26.2 Å². The molecule has 9 nitrogen and oxygen atoms in total. The van der Waals surface area contributed by atoms with Crippen molar-refractivity contribution in [1.82, 2.24) is 0 Å². The molecule has 0 saturated heterocycles. The summed E-state index contributed by atoms with van der Waals surface area (Å²) in [6.07, 6.45) is 0.580. The standard InChI is InChI=1S/C28H24N2O7S3/c1-2-35-16-37-17-36-14-13-21-9-10-23(38-21)27-25(29(31)32)26(30(33)34)28(40-27)24-12-11-22(39-24)20-8-7-18-5-3-4-6-19(18)15-20/h3-12,15H,2,13-14,16-17H2,1H3. The van der Waals surface area contributed by atoms with Gasteiger partial charge in [-0.2, -0.15) is 0 Å². The van der Waals surface area contributed by atoms with Crippen molar-refractivity contribution in [2.45, 2.75) is 13.3 Å². The van der Waals surface area contributed by atoms with Crippen LogP contribution >= 0.6 is 34.0 Å². The minimum Gasteiger partial charge on any atom is -0.356 e. The highest BCUT2D eigenvalue weighted by Crippen LogP contribution is 2.54. The second-order valence-electron chi connectivity index (χ2n) is 8.55. The van der Waals surface area contributed by atoms with E-state index in [4.69, 9.17) is 14.2 Å². The van der Waals surface area contributed by atoms with Gasteiger partial charge in [-0.15, -0.1) is 34.0 Å². The first-order valence-electron chi connectivity index (χ1n) is 12.3. The molecule has 0 atom stereocenters. The molecule has 40 heavy (non-hydrogen) atoms. The Kier molecular flexibility index (Phi) is 8.94. The number of nitrogens with zero attached hydrogens (tertiary/aromatic N) is 2. The van der Waals surface area contributed by atoms with Crippen LogP contribution in [0.5, 0.6) is 0 Å². The first-order valence-corrected chi connectivity index (χ1v) is 14.8. The average molecular weight is 597 g/mol. The number of rotatable bonds is 13. The summed E-state index contributed by atoms with van der Waals surface area (Å²) in [5.74, 6) is 0. The molecule has 0 unspecified atom stereocenters. The van der Waals surface area contributed by atoms with Gasteiger partial charge in [-0.3, -0.25) is 20.2 Å². The molecule has 3 heterocycles. The quantitative estimate of drug-likeness (QED) is 0.0580. The van der Waals surface area contributed by atoms with E-state index in [0.717, 1.165) is 37.4 Å². The fourth-order valence-electron chi connectivity index (χ4n) is 4.15. The van der Waals surface area contributed by atoms with Crippen LogP contribution in [0.1, 0.15) is 11.8 Å². The van der Waals surface area contributed by atoms with Gasteiger partial charge in [0.25, 0.3) is 0 Å². The molecule has 3 aromatic heterocycles. The molecule has 0 radical (unpaired) electrons. The summed E-state index contributed by atoms with van der Waals surface area (Å²) < 4.78 is 15.7. The van der Waals surface area contributed by atoms with Gasteiger partial charge in [-0.1, -0.05) is 36.4 Å². The summed E-state index contributed by atoms with van der Waals surface area (Å²) in [5, 5.41) is 26.5. The summed E-state index contributed by atoms with van der Waals surface area (Å²) in [7, 11) is 0. The van der Waals surface area contributed by atoms with E-state index in [1.165, 1.54) is 22.7 Å². The number of benzene rings is 2. The highest BCUT2D eigenvalue weighted by Gasteiger charge is 2.38. The Labute approximate surface area is 241 Å². The lowest BCUT2D eigenvalue weighted by Crippen LogP contribution is -2.06. The van der Waals surface area contributed by atoms with Gasteiger partial charge in [0, 0.05) is 22.8 Å². The fourth-order valence-corrected chi connectivity index (χ4v) is 7.60. The Balaban J connectivity index is 1.42. The maximum absolute atomic E-state index is 12.1. The van der Waals surface area contributed by atoms with E-state index in [9.17, 15) is 20.2 Å². The third kappa shape index (κ3) is 6.12. The molecule has 2 aromatic carbocycles. The van der Waals surface area contributed by atoms with Crippen LogP contribution in [0, 0.1) is 20.2 Å². The van der Waals surface area contributed by atoms with Crippen LogP contribution in [0.3, 0.4) is 0 Å². The molecule has 0 fully saturated rings. The van der Waals surface area contributed by atoms with Gasteiger partial charge in [0.15, 0.2) is 0 Å². The number of hydrogen-bond donors (Lipinski definition) is 0. The van der Waals surface area contributed by atoms with Gasteiger partial charge in [-0.05, 0) is 53.6 Å². The molecule has 206 valence electrons. The lowest BCUT2D eigenvalue weighted by molar-refractivity contribution is -0.420. The SMILES string of the molecule is CCOCOCOCCc1ccc(-c2sc(-c3ccc(-c4ccc5ccccc5c4)s3)c([N+](=O)[O-])c2[N+](=O)[O-])s1. The first-order chi connectivity index (χ1) is 19.5. The molecule has 0 amide bonds. The van der Waals surface area contributed by atoms with Crippen molar-refractivity contribution in [2.24, 2.45) is 0 Å². The Hall–Kier alpha value is -3.52. The molecule has 0 aliphatic carbocycles. The number of nitro groups is 2. The molecule has 12 heteroatoms. The predicted octanol–water partition coefficient (Wildman–Crippen LogP) is 8.37. The molecule has 0 bridgehead atoms. The van der Waals surface area contributed by atoms with E-state index in [1.807, 2.05) is 55.5 Å². The molecule has 5 aromatic rings. The summed E-state index contributed by atoms with van der Waals surface area (Å²) in [6.45, 7) is 3.10. The van der Waals surface area contributed by atoms with Crippen LogP contribution in [0.25, 0.3) is 40.7 Å². The minimum absolute atomic E-state index is 0.103. The molecule has 5 rings (SSSR count). The first kappa shape index (κ1) is 28.0. The second kappa shape index (κ2) is 12.8. The zero-order chi connectivity index (χ0) is 28.1. The Bertz CT molecular complexity index is 1660. The van der Waals surface area contributed by atoms with Crippen LogP contribution in [-0.2, 0) is 20.6 Å². The Morgan fingerprint density at radius 1 is 0.700 bits per heavy atom. The third-order valence-electron chi connectivity index (χ3n) is 6.00. The largest absolute Gasteiger partial charge is 0.366 e. The van der Waals surface area contributed by atoms with Crippen molar-refractivity contribution in [3.63, 3.8) is 0 Å². The van der Waals surface area contributed by atoms with Crippen LogP contribution in [0.4, 0.5) is 11.4 Å². The predicted molar refractivity (Wildman–Crippen MR) is 159 cm³/mol. The van der Waals surface area contributed by atoms with Crippen molar-refractivity contribution < 1.29 is 24.1 Å². The second-order valence-corrected chi connectivity index (χ2v) is 11.8. The molecular formula is C28H24N2O7S3. The van der Waals surface area contributed by atoms with Crippen LogP contribution < -0.4 is 0 Å². The van der Waals surface area contributed by atoms with E-state index < -0.39 is 21.2 Å². The summed E-state index contributed by atoms with van der Waals surface area (Å²) in [4.78, 5) is 26.6. The van der Waals surface area contributed by atoms with Crippen LogP contribution in [0.15, 0.2) is 66.7 Å². The Morgan fingerprint density at radius 2 is 1.35 bits per heavy atom. The molecule has 0 spiro atoms. The minimum atomic E-state index is -0.649. The number of hydrogen-bond acceptors (Lipinski definition) is 10. The fraction of sp³-hybridized carbons (Fsp3) is 0.214. The van der Waals surface area contributed by atoms with Crippen molar-refractivity contribution >= 4 is 56.2 Å². The van der Waals surface area contributed by atoms with Gasteiger partial charge < -0.3 is 14.2 Å². The zero-order valence-electron chi connectivity index (χ0n) is 21.4. The maximum Gasteiger partial charge on any atom is 0.366 e. The van der Waals surface area contributed by atoms with E-state index in [1.54, 1.807) is 12.1 Å². The van der Waals surface area contributed by atoms with Crippen LogP contribution in [-0.4, -0.2) is 36.6 Å². The summed E-state index contributed by atoms with van der Waals surface area (Å²) in [6, 6.07) is 21.5. The molecule has 0 aliphatic rings. The highest BCUT2D eigenvalue weighted by molar-refractivity contribution is 7.28. The van der Waals surface area contributed by atoms with Crippen molar-refractivity contribution in [1.29, 1.82) is 0 Å². The van der Waals surface area contributed by atoms with E-state index in [2.05, 4.69) is 6.07 Å². The van der Waals surface area contributed by atoms with Gasteiger partial charge in [0.2, 0.25) is 0 Å². The van der Waals surface area contributed by atoms with Gasteiger partial charge in [-0.25, -0.2) is 0 Å². The lowest BCUT2D eigenvalue weighted by atomic mass is 10.1. The molecule has 0 aliphatic heterocycles. The number of ether oxygens (including phenoxy) is 3. The number of thiophene rings is 3. The van der Waals surface area contributed by atoms with E-state index >= 15 is 0 Å². The molecule has 0 saturated carbocycles. The monoisotopic (exact) mass is 596 g/mol. The van der Waals surface area contributed by atoms with E-state index in [-0.39, 0.29) is 23.3 Å². The zero-order valence-corrected chi connectivity index (χ0v) is 23.8. The summed E-state index contributed by atoms with van der Waals surface area (Å²) in [5.41, 5.74) is 0.0403.